The molecule has 3 heteroatoms. The van der Waals surface area contributed by atoms with Crippen LogP contribution in [-0.4, -0.2) is 16.5 Å². The van der Waals surface area contributed by atoms with Crippen molar-refractivity contribution in [3.05, 3.63) is 59.7 Å². The molecule has 2 rings (SSSR count). The quantitative estimate of drug-likeness (QED) is 0.838. The Bertz CT molecular complexity index is 511. The topological polar surface area (TPSA) is 37.8 Å². The molecule has 0 fully saturated rings. The van der Waals surface area contributed by atoms with E-state index in [9.17, 15) is 0 Å². The molecule has 1 unspecified atom stereocenters. The minimum Gasteiger partial charge on any atom is -0.310 e. The predicted molar refractivity (Wildman–Crippen MR) is 82.6 cm³/mol. The molecule has 0 aliphatic heterocycles. The minimum absolute atomic E-state index is 0.343. The number of hydrogen-bond acceptors (Lipinski definition) is 3. The van der Waals surface area contributed by atoms with Crippen molar-refractivity contribution in [1.82, 2.24) is 15.3 Å². The summed E-state index contributed by atoms with van der Waals surface area (Å²) in [4.78, 5) is 8.34. The van der Waals surface area contributed by atoms with Gasteiger partial charge in [0.15, 0.2) is 0 Å². The second-order valence-electron chi connectivity index (χ2n) is 4.99. The minimum atomic E-state index is 0.343. The van der Waals surface area contributed by atoms with E-state index in [1.54, 1.807) is 0 Å². The molecule has 2 heterocycles. The molecule has 20 heavy (non-hydrogen) atoms. The average molecular weight is 269 g/mol. The van der Waals surface area contributed by atoms with Crippen LogP contribution in [0.1, 0.15) is 43.0 Å². The maximum absolute atomic E-state index is 4.25. The van der Waals surface area contributed by atoms with E-state index in [0.717, 1.165) is 25.8 Å². The Morgan fingerprint density at radius 1 is 1.05 bits per heavy atom. The number of pyridine rings is 2. The number of aromatic nitrogens is 2. The average Bonchev–Trinajstić information content (AvgIpc) is 2.52. The summed E-state index contributed by atoms with van der Waals surface area (Å²) in [6.07, 6.45) is 10.7. The first-order chi connectivity index (χ1) is 9.85. The summed E-state index contributed by atoms with van der Waals surface area (Å²) in [5.74, 6) is 0. The lowest BCUT2D eigenvalue weighted by Crippen LogP contribution is -2.25. The largest absolute Gasteiger partial charge is 0.310 e. The highest BCUT2D eigenvalue weighted by Gasteiger charge is 2.14. The van der Waals surface area contributed by atoms with Crippen LogP contribution in [0.3, 0.4) is 0 Å². The lowest BCUT2D eigenvalue weighted by Gasteiger charge is -2.21. The van der Waals surface area contributed by atoms with Crippen LogP contribution in [0.5, 0.6) is 0 Å². The first-order valence-corrected chi connectivity index (χ1v) is 7.40. The third-order valence-electron chi connectivity index (χ3n) is 3.53. The maximum atomic E-state index is 4.25. The fourth-order valence-electron chi connectivity index (χ4n) is 2.44. The summed E-state index contributed by atoms with van der Waals surface area (Å²) in [5, 5.41) is 3.66. The normalized spacial score (nSPS) is 12.3. The van der Waals surface area contributed by atoms with Crippen LogP contribution >= 0.6 is 0 Å². The molecular formula is C17H23N3. The summed E-state index contributed by atoms with van der Waals surface area (Å²) in [6, 6.07) is 6.67. The zero-order valence-corrected chi connectivity index (χ0v) is 12.3. The van der Waals surface area contributed by atoms with Gasteiger partial charge in [-0.15, -0.1) is 0 Å². The highest BCUT2D eigenvalue weighted by atomic mass is 14.9. The predicted octanol–water partition coefficient (Wildman–Crippen LogP) is 3.32. The van der Waals surface area contributed by atoms with Crippen molar-refractivity contribution >= 4 is 0 Å². The van der Waals surface area contributed by atoms with Crippen LogP contribution in [0.4, 0.5) is 0 Å². The van der Waals surface area contributed by atoms with E-state index >= 15 is 0 Å². The van der Waals surface area contributed by atoms with Gasteiger partial charge in [0.1, 0.15) is 0 Å². The van der Waals surface area contributed by atoms with Crippen LogP contribution in [0.25, 0.3) is 0 Å². The van der Waals surface area contributed by atoms with E-state index in [0.29, 0.717) is 6.04 Å². The first-order valence-electron chi connectivity index (χ1n) is 7.40. The molecule has 1 N–H and O–H groups in total. The van der Waals surface area contributed by atoms with Crippen LogP contribution in [-0.2, 0) is 12.8 Å². The van der Waals surface area contributed by atoms with Crippen molar-refractivity contribution in [2.75, 3.05) is 6.54 Å². The number of rotatable bonds is 7. The van der Waals surface area contributed by atoms with Crippen molar-refractivity contribution in [2.24, 2.45) is 0 Å². The molecule has 0 aliphatic rings. The molecule has 0 aromatic carbocycles. The van der Waals surface area contributed by atoms with E-state index in [4.69, 9.17) is 0 Å². The number of nitrogens with one attached hydrogen (secondary N) is 1. The van der Waals surface area contributed by atoms with Crippen LogP contribution in [0, 0.1) is 0 Å². The Kier molecular flexibility index (Phi) is 5.69. The Morgan fingerprint density at radius 3 is 2.50 bits per heavy atom. The zero-order chi connectivity index (χ0) is 14.2. The Hall–Kier alpha value is -1.74. The van der Waals surface area contributed by atoms with Gasteiger partial charge in [-0.1, -0.05) is 13.8 Å². The van der Waals surface area contributed by atoms with E-state index in [1.807, 2.05) is 24.8 Å². The van der Waals surface area contributed by atoms with E-state index in [2.05, 4.69) is 47.3 Å². The monoisotopic (exact) mass is 269 g/mol. The fraction of sp³-hybridized carbons (Fsp3) is 0.412. The lowest BCUT2D eigenvalue weighted by molar-refractivity contribution is 0.525. The molecule has 1 atom stereocenters. The fourth-order valence-corrected chi connectivity index (χ4v) is 2.44. The van der Waals surface area contributed by atoms with E-state index in [-0.39, 0.29) is 0 Å². The molecule has 2 aromatic heterocycles. The standard InChI is InChI=1S/C17H23N3/c1-3-8-20-17(12-14-5-9-18-10-6-14)16-7-11-19-13-15(16)4-2/h5-7,9-11,13,17,20H,3-4,8,12H2,1-2H3. The lowest BCUT2D eigenvalue weighted by atomic mass is 9.95. The van der Waals surface area contributed by atoms with Crippen LogP contribution in [0.15, 0.2) is 43.0 Å². The summed E-state index contributed by atoms with van der Waals surface area (Å²) < 4.78 is 0. The third-order valence-corrected chi connectivity index (χ3v) is 3.53. The molecule has 106 valence electrons. The molecule has 0 saturated heterocycles. The molecule has 2 aromatic rings. The van der Waals surface area contributed by atoms with Crippen molar-refractivity contribution in [3.8, 4) is 0 Å². The Morgan fingerprint density at radius 2 is 1.80 bits per heavy atom. The molecule has 0 saturated carbocycles. The second kappa shape index (κ2) is 7.75. The van der Waals surface area contributed by atoms with Gasteiger partial charge in [0.25, 0.3) is 0 Å². The third kappa shape index (κ3) is 3.87. The summed E-state index contributed by atoms with van der Waals surface area (Å²) in [5.41, 5.74) is 4.01. The van der Waals surface area contributed by atoms with Crippen LogP contribution < -0.4 is 5.32 Å². The summed E-state index contributed by atoms with van der Waals surface area (Å²) in [6.45, 7) is 5.41. The molecule has 0 aliphatic carbocycles. The van der Waals surface area contributed by atoms with Gasteiger partial charge >= 0.3 is 0 Å². The van der Waals surface area contributed by atoms with Gasteiger partial charge in [0, 0.05) is 30.8 Å². The van der Waals surface area contributed by atoms with E-state index < -0.39 is 0 Å². The first kappa shape index (κ1) is 14.7. The molecule has 3 nitrogen and oxygen atoms in total. The Balaban J connectivity index is 2.22. The second-order valence-corrected chi connectivity index (χ2v) is 4.99. The Labute approximate surface area is 121 Å². The number of aryl methyl sites for hydroxylation is 1. The van der Waals surface area contributed by atoms with Crippen molar-refractivity contribution in [3.63, 3.8) is 0 Å². The highest BCUT2D eigenvalue weighted by Crippen LogP contribution is 2.21. The van der Waals surface area contributed by atoms with Gasteiger partial charge < -0.3 is 5.32 Å². The van der Waals surface area contributed by atoms with Crippen molar-refractivity contribution in [1.29, 1.82) is 0 Å². The summed E-state index contributed by atoms with van der Waals surface area (Å²) in [7, 11) is 0. The van der Waals surface area contributed by atoms with Gasteiger partial charge in [-0.3, -0.25) is 9.97 Å². The molecule has 0 spiro atoms. The molecule has 0 amide bonds. The number of nitrogens with zero attached hydrogens (tertiary/aromatic N) is 2. The van der Waals surface area contributed by atoms with Crippen molar-refractivity contribution < 1.29 is 0 Å². The van der Waals surface area contributed by atoms with Crippen molar-refractivity contribution in [2.45, 2.75) is 39.2 Å². The molecule has 0 bridgehead atoms. The van der Waals surface area contributed by atoms with Gasteiger partial charge in [-0.25, -0.2) is 0 Å². The van der Waals surface area contributed by atoms with E-state index in [1.165, 1.54) is 16.7 Å². The summed E-state index contributed by atoms with van der Waals surface area (Å²) >= 11 is 0. The van der Waals surface area contributed by atoms with Gasteiger partial charge in [-0.05, 0) is 60.7 Å². The van der Waals surface area contributed by atoms with Crippen LogP contribution in [0.2, 0.25) is 0 Å². The molecule has 0 radical (unpaired) electrons. The van der Waals surface area contributed by atoms with Gasteiger partial charge in [0.2, 0.25) is 0 Å². The smallest absolute Gasteiger partial charge is 0.0364 e. The van der Waals surface area contributed by atoms with Gasteiger partial charge in [-0.2, -0.15) is 0 Å². The van der Waals surface area contributed by atoms with Gasteiger partial charge in [0.05, 0.1) is 0 Å². The molecular weight excluding hydrogens is 246 g/mol. The maximum Gasteiger partial charge on any atom is 0.0364 e. The zero-order valence-electron chi connectivity index (χ0n) is 12.3. The SMILES string of the molecule is CCCNC(Cc1ccncc1)c1ccncc1CC. The number of hydrogen-bond donors (Lipinski definition) is 1. The highest BCUT2D eigenvalue weighted by molar-refractivity contribution is 5.28.